The quantitative estimate of drug-likeness (QED) is 0.192. The number of nitrogens with two attached hydrogens (primary N) is 1. The molecule has 3 aromatic carbocycles. The van der Waals surface area contributed by atoms with E-state index < -0.39 is 24.2 Å². The number of carboxylic acid groups (broad SMARTS) is 1. The molecule has 0 bridgehead atoms. The fraction of sp³-hybridized carbons (Fsp3) is 0.241. The van der Waals surface area contributed by atoms with E-state index in [0.717, 1.165) is 5.56 Å². The predicted molar refractivity (Wildman–Crippen MR) is 142 cm³/mol. The highest BCUT2D eigenvalue weighted by Gasteiger charge is 2.38. The van der Waals surface area contributed by atoms with Crippen molar-refractivity contribution in [2.75, 3.05) is 31.7 Å². The Morgan fingerprint density at radius 3 is 2.05 bits per heavy atom. The van der Waals surface area contributed by atoms with Crippen LogP contribution in [0.25, 0.3) is 0 Å². The highest BCUT2D eigenvalue weighted by Crippen LogP contribution is 2.31. The number of ether oxygens (including phenoxy) is 2. The largest absolute Gasteiger partial charge is 0.490 e. The van der Waals surface area contributed by atoms with Crippen LogP contribution in [0, 0.1) is 0 Å². The topological polar surface area (TPSA) is 145 Å². The van der Waals surface area contributed by atoms with Crippen LogP contribution >= 0.6 is 0 Å². The van der Waals surface area contributed by atoms with Gasteiger partial charge in [0.2, 0.25) is 0 Å². The molecule has 41 heavy (non-hydrogen) atoms. The summed E-state index contributed by atoms with van der Waals surface area (Å²) in [6, 6.07) is 20.8. The predicted octanol–water partition coefficient (Wildman–Crippen LogP) is 3.64. The minimum Gasteiger partial charge on any atom is -0.475 e. The van der Waals surface area contributed by atoms with Gasteiger partial charge >= 0.3 is 18.1 Å². The van der Waals surface area contributed by atoms with Crippen LogP contribution < -0.4 is 11.1 Å². The summed E-state index contributed by atoms with van der Waals surface area (Å²) in [6.45, 7) is 1.08. The Hall–Kier alpha value is -4.55. The molecule has 0 unspecified atom stereocenters. The Balaban J connectivity index is 0.000000587. The van der Waals surface area contributed by atoms with Crippen molar-refractivity contribution in [3.05, 3.63) is 101 Å². The van der Waals surface area contributed by atoms with Gasteiger partial charge in [-0.05, 0) is 18.1 Å². The van der Waals surface area contributed by atoms with Crippen LogP contribution in [0.3, 0.4) is 0 Å². The molecule has 4 rings (SSSR count). The molecule has 1 aliphatic carbocycles. The molecule has 1 atom stereocenters. The summed E-state index contributed by atoms with van der Waals surface area (Å²) in [4.78, 5) is 46.7. The average molecular weight is 573 g/mol. The zero-order valence-corrected chi connectivity index (χ0v) is 21.6. The van der Waals surface area contributed by atoms with Gasteiger partial charge in [0, 0.05) is 28.9 Å². The van der Waals surface area contributed by atoms with E-state index in [2.05, 4.69) is 5.32 Å². The molecule has 9 nitrogen and oxygen atoms in total. The maximum atomic E-state index is 13.0. The second-order valence-corrected chi connectivity index (χ2v) is 8.74. The second-order valence-electron chi connectivity index (χ2n) is 8.74. The van der Waals surface area contributed by atoms with Crippen LogP contribution in [0.4, 0.5) is 18.9 Å². The first kappa shape index (κ1) is 31.0. The van der Waals surface area contributed by atoms with Crippen LogP contribution in [0.5, 0.6) is 0 Å². The molecule has 0 fully saturated rings. The summed E-state index contributed by atoms with van der Waals surface area (Å²) >= 11 is 0. The van der Waals surface area contributed by atoms with Crippen molar-refractivity contribution in [1.82, 2.24) is 0 Å². The number of aliphatic carboxylic acids is 1. The number of esters is 1. The molecule has 0 saturated heterocycles. The number of carboxylic acids is 1. The number of rotatable bonds is 10. The van der Waals surface area contributed by atoms with Gasteiger partial charge in [-0.15, -0.1) is 0 Å². The summed E-state index contributed by atoms with van der Waals surface area (Å²) in [5.41, 5.74) is 9.09. The number of halogens is 3. The van der Waals surface area contributed by atoms with Crippen LogP contribution in [0.15, 0.2) is 72.8 Å². The van der Waals surface area contributed by atoms with Crippen molar-refractivity contribution >= 4 is 29.2 Å². The van der Waals surface area contributed by atoms with E-state index in [0.29, 0.717) is 47.5 Å². The van der Waals surface area contributed by atoms with Gasteiger partial charge in [0.25, 0.3) is 0 Å². The highest BCUT2D eigenvalue weighted by molar-refractivity contribution is 6.30. The van der Waals surface area contributed by atoms with Gasteiger partial charge in [-0.2, -0.15) is 13.2 Å². The molecule has 0 radical (unpaired) electrons. The van der Waals surface area contributed by atoms with Gasteiger partial charge in [0.05, 0.1) is 18.8 Å². The number of hydrogen-bond acceptors (Lipinski definition) is 8. The number of carbonyl (C=O) groups is 4. The van der Waals surface area contributed by atoms with Crippen molar-refractivity contribution in [2.24, 2.45) is 5.73 Å². The lowest BCUT2D eigenvalue weighted by molar-refractivity contribution is -0.192. The Kier molecular flexibility index (Phi) is 10.7. The Morgan fingerprint density at radius 1 is 0.829 bits per heavy atom. The fourth-order valence-corrected chi connectivity index (χ4v) is 3.91. The normalized spacial score (nSPS) is 12.8. The van der Waals surface area contributed by atoms with Crippen molar-refractivity contribution < 1.29 is 46.9 Å². The number of anilines is 1. The van der Waals surface area contributed by atoms with Crippen LogP contribution in [-0.4, -0.2) is 67.2 Å². The maximum Gasteiger partial charge on any atom is 0.490 e. The van der Waals surface area contributed by atoms with Crippen molar-refractivity contribution in [2.45, 2.75) is 18.6 Å². The Morgan fingerprint density at radius 2 is 1.41 bits per heavy atom. The Labute approximate surface area is 233 Å². The van der Waals surface area contributed by atoms with Crippen LogP contribution in [0.1, 0.15) is 37.4 Å². The van der Waals surface area contributed by atoms with Gasteiger partial charge in [-0.1, -0.05) is 66.7 Å². The molecule has 0 heterocycles. The molecular formula is C29H27F3N2O7. The standard InChI is InChI=1S/C27H26N2O5.C2HF3O2/c28-22(17-18-7-2-1-3-8-18)27(32)34-16-15-33-14-13-29-23-12-6-11-21-24(23)26(31)20-10-5-4-9-19(20)25(21)30;3-2(4,5)1(6)7/h1-12,22,29H,13-17,28H2;(H,6,7)/t22-;/m1./s1. The number of nitrogens with one attached hydrogen (secondary N) is 1. The number of alkyl halides is 3. The van der Waals surface area contributed by atoms with Crippen LogP contribution in [0.2, 0.25) is 0 Å². The second kappa shape index (κ2) is 14.2. The van der Waals surface area contributed by atoms with Gasteiger partial charge in [0.1, 0.15) is 12.6 Å². The van der Waals surface area contributed by atoms with Gasteiger partial charge in [-0.3, -0.25) is 14.4 Å². The maximum absolute atomic E-state index is 13.0. The lowest BCUT2D eigenvalue weighted by atomic mass is 9.83. The molecule has 0 spiro atoms. The third kappa shape index (κ3) is 8.47. The van der Waals surface area contributed by atoms with E-state index in [1.54, 1.807) is 42.5 Å². The zero-order chi connectivity index (χ0) is 30.0. The summed E-state index contributed by atoms with van der Waals surface area (Å²) in [7, 11) is 0. The van der Waals surface area contributed by atoms with Gasteiger partial charge in [-0.25, -0.2) is 4.79 Å². The fourth-order valence-electron chi connectivity index (χ4n) is 3.91. The molecule has 12 heteroatoms. The van der Waals surface area contributed by atoms with E-state index in [1.165, 1.54) is 0 Å². The first-order valence-electron chi connectivity index (χ1n) is 12.4. The van der Waals surface area contributed by atoms with Crippen molar-refractivity contribution in [3.63, 3.8) is 0 Å². The van der Waals surface area contributed by atoms with Crippen molar-refractivity contribution in [3.8, 4) is 0 Å². The third-order valence-electron chi connectivity index (χ3n) is 5.83. The number of hydrogen-bond donors (Lipinski definition) is 3. The van der Waals surface area contributed by atoms with Crippen molar-refractivity contribution in [1.29, 1.82) is 0 Å². The van der Waals surface area contributed by atoms with E-state index in [9.17, 15) is 27.6 Å². The number of fused-ring (bicyclic) bond motifs is 2. The van der Waals surface area contributed by atoms with E-state index >= 15 is 0 Å². The summed E-state index contributed by atoms with van der Waals surface area (Å²) in [5.74, 6) is -3.55. The number of benzene rings is 3. The first-order chi connectivity index (χ1) is 19.5. The summed E-state index contributed by atoms with van der Waals surface area (Å²) in [6.07, 6.45) is -4.67. The van der Waals surface area contributed by atoms with Crippen LogP contribution in [-0.2, 0) is 25.5 Å². The zero-order valence-electron chi connectivity index (χ0n) is 21.6. The van der Waals surface area contributed by atoms with E-state index in [-0.39, 0.29) is 24.8 Å². The smallest absolute Gasteiger partial charge is 0.475 e. The third-order valence-corrected chi connectivity index (χ3v) is 5.83. The highest BCUT2D eigenvalue weighted by atomic mass is 19.4. The molecule has 0 amide bonds. The van der Waals surface area contributed by atoms with E-state index in [4.69, 9.17) is 25.1 Å². The van der Waals surface area contributed by atoms with E-state index in [1.807, 2.05) is 30.3 Å². The molecular weight excluding hydrogens is 545 g/mol. The first-order valence-corrected chi connectivity index (χ1v) is 12.4. The minimum absolute atomic E-state index is 0.103. The molecule has 1 aliphatic rings. The Bertz CT molecular complexity index is 1390. The molecule has 3 aromatic rings. The lowest BCUT2D eigenvalue weighted by Gasteiger charge is -2.20. The average Bonchev–Trinajstić information content (AvgIpc) is 2.95. The summed E-state index contributed by atoms with van der Waals surface area (Å²) in [5, 5.41) is 10.3. The molecule has 0 aliphatic heterocycles. The number of ketones is 2. The molecule has 216 valence electrons. The molecule has 4 N–H and O–H groups in total. The minimum atomic E-state index is -5.08. The molecule has 0 saturated carbocycles. The number of carbonyl (C=O) groups excluding carboxylic acids is 3. The van der Waals surface area contributed by atoms with Gasteiger partial charge in [0.15, 0.2) is 11.6 Å². The lowest BCUT2D eigenvalue weighted by Crippen LogP contribution is -2.35. The van der Waals surface area contributed by atoms with Gasteiger partial charge < -0.3 is 25.6 Å². The monoisotopic (exact) mass is 572 g/mol. The molecule has 0 aromatic heterocycles. The summed E-state index contributed by atoms with van der Waals surface area (Å²) < 4.78 is 42.4. The SMILES string of the molecule is N[C@H](Cc1ccccc1)C(=O)OCCOCCNc1cccc2c1C(=O)c1ccccc1C2=O.O=C(O)C(F)(F)F.